The predicted molar refractivity (Wildman–Crippen MR) is 192 cm³/mol. The molecule has 2 aromatic heterocycles. The molecule has 0 saturated carbocycles. The van der Waals surface area contributed by atoms with Crippen molar-refractivity contribution in [2.24, 2.45) is 17.6 Å². The van der Waals surface area contributed by atoms with Gasteiger partial charge < -0.3 is 26.6 Å². The van der Waals surface area contributed by atoms with Crippen LogP contribution in [0.1, 0.15) is 108 Å². The van der Waals surface area contributed by atoms with Gasteiger partial charge in [-0.05, 0) is 43.1 Å². The standard InChI is InChI=1S/C34H47N7O4S2.ClH/c1-5-22(4)29(35)34(45)41-15-9-13-28(42)37-24(17-21(2)3)32-40-27(20-47-32)31(44)38-25(18-23-11-7-6-8-12-23)33-39-26(19-46-33)30(43)36-14-10-16-41;/h6-8,11-12,19-22,24-25,29H,5,9-10,13-18,35H2,1-4H3,(H,36,43)(H,37,42)(H,38,44);1H/t22-,24-,25-,29+;/m0./s1. The Balaban J connectivity index is 0.00000625. The molecule has 262 valence electrons. The molecule has 4 amide bonds. The van der Waals surface area contributed by atoms with E-state index in [-0.39, 0.29) is 71.7 Å². The number of amides is 4. The molecule has 1 aliphatic heterocycles. The van der Waals surface area contributed by atoms with Crippen molar-refractivity contribution >= 4 is 58.7 Å². The molecule has 0 radical (unpaired) electrons. The molecular weight excluding hydrogens is 670 g/mol. The number of fused-ring (bicyclic) bond motifs is 4. The lowest BCUT2D eigenvalue weighted by Gasteiger charge is -2.28. The zero-order valence-corrected chi connectivity index (χ0v) is 30.5. The molecule has 0 aliphatic carbocycles. The van der Waals surface area contributed by atoms with Crippen LogP contribution in [0.15, 0.2) is 41.1 Å². The van der Waals surface area contributed by atoms with E-state index in [9.17, 15) is 19.2 Å². The second kappa shape index (κ2) is 19.0. The lowest BCUT2D eigenvalue weighted by molar-refractivity contribution is -0.134. The van der Waals surface area contributed by atoms with Gasteiger partial charge in [-0.25, -0.2) is 9.97 Å². The molecule has 14 heteroatoms. The largest absolute Gasteiger partial charge is 0.351 e. The van der Waals surface area contributed by atoms with E-state index in [2.05, 4.69) is 39.8 Å². The van der Waals surface area contributed by atoms with Gasteiger partial charge in [0, 0.05) is 36.8 Å². The van der Waals surface area contributed by atoms with Crippen molar-refractivity contribution in [3.63, 3.8) is 0 Å². The van der Waals surface area contributed by atoms with Gasteiger partial charge in [0.1, 0.15) is 21.4 Å². The van der Waals surface area contributed by atoms with Crippen LogP contribution in [-0.4, -0.2) is 64.2 Å². The van der Waals surface area contributed by atoms with Crippen LogP contribution in [0, 0.1) is 11.8 Å². The number of nitrogens with two attached hydrogens (primary N) is 1. The van der Waals surface area contributed by atoms with Gasteiger partial charge in [0.25, 0.3) is 11.8 Å². The average Bonchev–Trinajstić information content (AvgIpc) is 3.75. The summed E-state index contributed by atoms with van der Waals surface area (Å²) in [5, 5.41) is 13.8. The van der Waals surface area contributed by atoms with Crippen LogP contribution >= 0.6 is 35.1 Å². The molecule has 4 atom stereocenters. The van der Waals surface area contributed by atoms with E-state index in [1.54, 1.807) is 15.7 Å². The van der Waals surface area contributed by atoms with Crippen molar-refractivity contribution in [2.75, 3.05) is 19.6 Å². The molecule has 48 heavy (non-hydrogen) atoms. The van der Waals surface area contributed by atoms with E-state index in [4.69, 9.17) is 5.73 Å². The number of nitrogens with zero attached hydrogens (tertiary/aromatic N) is 3. The summed E-state index contributed by atoms with van der Waals surface area (Å²) in [4.78, 5) is 64.1. The Morgan fingerprint density at radius 1 is 0.938 bits per heavy atom. The van der Waals surface area contributed by atoms with E-state index >= 15 is 0 Å². The highest BCUT2D eigenvalue weighted by molar-refractivity contribution is 7.10. The first-order valence-corrected chi connectivity index (χ1v) is 18.2. The minimum Gasteiger partial charge on any atom is -0.351 e. The molecule has 4 rings (SSSR count). The SMILES string of the molecule is CC[C@H](C)[C@@H](N)C(=O)N1CCCNC(=O)c2csc(n2)[C@H](Cc2ccccc2)NC(=O)c2csc(n2)[C@H](CC(C)C)NC(=O)CCC1.Cl. The summed E-state index contributed by atoms with van der Waals surface area (Å²) >= 11 is 2.65. The van der Waals surface area contributed by atoms with Gasteiger partial charge in [0.15, 0.2) is 0 Å². The fourth-order valence-electron chi connectivity index (χ4n) is 5.38. The van der Waals surface area contributed by atoms with Crippen LogP contribution in [0.2, 0.25) is 0 Å². The number of thiazole rings is 2. The summed E-state index contributed by atoms with van der Waals surface area (Å²) in [6, 6.07) is 8.30. The fourth-order valence-corrected chi connectivity index (χ4v) is 7.09. The molecule has 0 unspecified atom stereocenters. The third-order valence-electron chi connectivity index (χ3n) is 8.31. The van der Waals surface area contributed by atoms with E-state index < -0.39 is 12.1 Å². The molecule has 1 aromatic carbocycles. The molecule has 11 nitrogen and oxygen atoms in total. The Morgan fingerprint density at radius 2 is 1.56 bits per heavy atom. The highest BCUT2D eigenvalue weighted by Crippen LogP contribution is 2.27. The normalized spacial score (nSPS) is 19.6. The molecule has 1 aliphatic rings. The number of hydrogen-bond acceptors (Lipinski definition) is 9. The van der Waals surface area contributed by atoms with Crippen molar-refractivity contribution in [3.05, 3.63) is 68.1 Å². The molecule has 3 aromatic rings. The predicted octanol–water partition coefficient (Wildman–Crippen LogP) is 5.05. The molecule has 0 fully saturated rings. The number of aromatic nitrogens is 2. The fraction of sp³-hybridized carbons (Fsp3) is 0.529. The first kappa shape index (κ1) is 39.1. The summed E-state index contributed by atoms with van der Waals surface area (Å²) in [5.41, 5.74) is 7.86. The maximum Gasteiger partial charge on any atom is 0.271 e. The number of halogens is 1. The van der Waals surface area contributed by atoms with Crippen molar-refractivity contribution in [1.82, 2.24) is 30.8 Å². The van der Waals surface area contributed by atoms with Gasteiger partial charge in [0.05, 0.1) is 18.1 Å². The monoisotopic (exact) mass is 717 g/mol. The summed E-state index contributed by atoms with van der Waals surface area (Å²) in [6.45, 7) is 9.22. The Labute approximate surface area is 297 Å². The molecule has 4 bridgehead atoms. The van der Waals surface area contributed by atoms with E-state index in [0.29, 0.717) is 55.3 Å². The van der Waals surface area contributed by atoms with Crippen LogP contribution in [-0.2, 0) is 16.0 Å². The van der Waals surface area contributed by atoms with Crippen LogP contribution in [0.3, 0.4) is 0 Å². The van der Waals surface area contributed by atoms with E-state index in [1.165, 1.54) is 22.7 Å². The molecule has 5 N–H and O–H groups in total. The minimum absolute atomic E-state index is 0. The average molecular weight is 718 g/mol. The van der Waals surface area contributed by atoms with Gasteiger partial charge in [-0.15, -0.1) is 35.1 Å². The van der Waals surface area contributed by atoms with Crippen molar-refractivity contribution in [2.45, 2.75) is 84.3 Å². The van der Waals surface area contributed by atoms with Gasteiger partial charge in [0.2, 0.25) is 11.8 Å². The zero-order chi connectivity index (χ0) is 33.9. The van der Waals surface area contributed by atoms with Crippen LogP contribution in [0.4, 0.5) is 0 Å². The van der Waals surface area contributed by atoms with Gasteiger partial charge in [-0.3, -0.25) is 19.2 Å². The third kappa shape index (κ3) is 11.1. The quantitative estimate of drug-likeness (QED) is 0.266. The molecule has 3 heterocycles. The number of hydrogen-bond donors (Lipinski definition) is 4. The van der Waals surface area contributed by atoms with Gasteiger partial charge in [-0.2, -0.15) is 0 Å². The Bertz CT molecular complexity index is 1500. The molecule has 0 saturated heterocycles. The van der Waals surface area contributed by atoms with Crippen molar-refractivity contribution < 1.29 is 19.2 Å². The Morgan fingerprint density at radius 3 is 2.21 bits per heavy atom. The maximum atomic E-state index is 13.5. The second-order valence-electron chi connectivity index (χ2n) is 12.6. The smallest absolute Gasteiger partial charge is 0.271 e. The maximum absolute atomic E-state index is 13.5. The first-order valence-electron chi connectivity index (χ1n) is 16.4. The highest BCUT2D eigenvalue weighted by atomic mass is 35.5. The molecule has 0 spiro atoms. The second-order valence-corrected chi connectivity index (χ2v) is 14.3. The summed E-state index contributed by atoms with van der Waals surface area (Å²) in [6.07, 6.45) is 3.11. The zero-order valence-electron chi connectivity index (χ0n) is 28.1. The Hall–Kier alpha value is -3.39. The van der Waals surface area contributed by atoms with Crippen molar-refractivity contribution in [1.29, 1.82) is 0 Å². The lowest BCUT2D eigenvalue weighted by Crippen LogP contribution is -2.48. The van der Waals surface area contributed by atoms with Gasteiger partial charge in [-0.1, -0.05) is 64.4 Å². The summed E-state index contributed by atoms with van der Waals surface area (Å²) in [5.74, 6) is -0.678. The van der Waals surface area contributed by atoms with Crippen molar-refractivity contribution in [3.8, 4) is 0 Å². The minimum atomic E-state index is -0.638. The number of benzene rings is 1. The van der Waals surface area contributed by atoms with Gasteiger partial charge >= 0.3 is 0 Å². The van der Waals surface area contributed by atoms with Crippen LogP contribution < -0.4 is 21.7 Å². The number of nitrogens with one attached hydrogen (secondary N) is 3. The van der Waals surface area contributed by atoms with Crippen LogP contribution in [0.5, 0.6) is 0 Å². The first-order chi connectivity index (χ1) is 22.5. The lowest BCUT2D eigenvalue weighted by atomic mass is 9.98. The summed E-state index contributed by atoms with van der Waals surface area (Å²) < 4.78 is 0. The number of carbonyl (C=O) groups excluding carboxylic acids is 4. The number of carbonyl (C=O) groups is 4. The van der Waals surface area contributed by atoms with E-state index in [0.717, 1.165) is 12.0 Å². The van der Waals surface area contributed by atoms with E-state index in [1.807, 2.05) is 44.2 Å². The van der Waals surface area contributed by atoms with Crippen LogP contribution in [0.25, 0.3) is 0 Å². The number of rotatable bonds is 7. The molecular formula is C34H48ClN7O4S2. The third-order valence-corrected chi connectivity index (χ3v) is 10.2. The summed E-state index contributed by atoms with van der Waals surface area (Å²) in [7, 11) is 0. The highest BCUT2D eigenvalue weighted by Gasteiger charge is 2.27. The topological polar surface area (TPSA) is 159 Å². The Kier molecular flexibility index (Phi) is 15.4.